The normalized spacial score (nSPS) is 17.7. The molecule has 38 heavy (non-hydrogen) atoms. The summed E-state index contributed by atoms with van der Waals surface area (Å²) in [5, 5.41) is 2.84. The molecule has 0 aromatic heterocycles. The van der Waals surface area contributed by atoms with Gasteiger partial charge in [0.25, 0.3) is 11.8 Å². The highest BCUT2D eigenvalue weighted by molar-refractivity contribution is 8.26. The minimum atomic E-state index is -0.369. The van der Waals surface area contributed by atoms with Gasteiger partial charge in [-0.25, -0.2) is 0 Å². The summed E-state index contributed by atoms with van der Waals surface area (Å²) in [6, 6.07) is 14.3. The molecule has 200 valence electrons. The third-order valence-corrected chi connectivity index (χ3v) is 8.18. The number of fused-ring (bicyclic) bond motifs is 1. The minimum Gasteiger partial charge on any atom is -0.494 e. The first-order valence-electron chi connectivity index (χ1n) is 13.1. The molecule has 0 bridgehead atoms. The Balaban J connectivity index is 1.55. The first-order chi connectivity index (χ1) is 18.4. The molecule has 0 spiro atoms. The number of carbonyl (C=O) groups is 3. The number of benzene rings is 2. The van der Waals surface area contributed by atoms with E-state index in [0.29, 0.717) is 56.6 Å². The summed E-state index contributed by atoms with van der Waals surface area (Å²) in [7, 11) is 0. The van der Waals surface area contributed by atoms with Gasteiger partial charge in [-0.05, 0) is 49.6 Å². The zero-order chi connectivity index (χ0) is 27.2. The fraction of sp³-hybridized carbons (Fsp3) is 0.379. The standard InChI is InChI=1S/C29H33N3O4S2/c1-4-7-10-19(5-2)17-32-28(35)26(38-29(32)37)25-22-11-8-9-12-23(22)31(27(25)34)18-24(33)30-20-13-15-21(16-14-20)36-6-3/h8-9,11-16,19H,4-7,10,17-18H2,1-3H3,(H,30,33)/b26-25-. The summed E-state index contributed by atoms with van der Waals surface area (Å²) >= 11 is 6.76. The lowest BCUT2D eigenvalue weighted by molar-refractivity contribution is -0.123. The number of ether oxygens (including phenoxy) is 1. The maximum absolute atomic E-state index is 13.7. The van der Waals surface area contributed by atoms with Crippen LogP contribution in [0.4, 0.5) is 11.4 Å². The summed E-state index contributed by atoms with van der Waals surface area (Å²) in [5.41, 5.74) is 2.17. The molecular weight excluding hydrogens is 518 g/mol. The number of unbranched alkanes of at least 4 members (excludes halogenated alkanes) is 1. The van der Waals surface area contributed by atoms with Crippen molar-refractivity contribution in [2.75, 3.05) is 29.9 Å². The maximum atomic E-state index is 13.7. The van der Waals surface area contributed by atoms with Gasteiger partial charge in [0.05, 0.1) is 22.8 Å². The zero-order valence-electron chi connectivity index (χ0n) is 22.0. The maximum Gasteiger partial charge on any atom is 0.267 e. The van der Waals surface area contributed by atoms with E-state index in [1.165, 1.54) is 16.7 Å². The number of anilines is 2. The van der Waals surface area contributed by atoms with Crippen LogP contribution >= 0.6 is 24.0 Å². The first kappa shape index (κ1) is 27.9. The van der Waals surface area contributed by atoms with E-state index in [-0.39, 0.29) is 24.3 Å². The van der Waals surface area contributed by atoms with Crippen molar-refractivity contribution in [2.24, 2.45) is 5.92 Å². The molecule has 4 rings (SSSR count). The molecule has 0 aliphatic carbocycles. The van der Waals surface area contributed by atoms with Crippen LogP contribution in [0.3, 0.4) is 0 Å². The number of hydrogen-bond acceptors (Lipinski definition) is 6. The van der Waals surface area contributed by atoms with Gasteiger partial charge in [-0.15, -0.1) is 0 Å². The largest absolute Gasteiger partial charge is 0.494 e. The summed E-state index contributed by atoms with van der Waals surface area (Å²) in [4.78, 5) is 43.5. The van der Waals surface area contributed by atoms with Crippen molar-refractivity contribution in [3.8, 4) is 5.75 Å². The molecule has 7 nitrogen and oxygen atoms in total. The SMILES string of the molecule is CCCCC(CC)CN1C(=O)/C(=C2/C(=O)N(CC(=O)Nc3ccc(OCC)cc3)c3ccccc32)SC1=S. The molecule has 2 aliphatic rings. The molecule has 1 atom stereocenters. The van der Waals surface area contributed by atoms with Gasteiger partial charge in [-0.3, -0.25) is 24.2 Å². The number of nitrogens with one attached hydrogen (secondary N) is 1. The highest BCUT2D eigenvalue weighted by Gasteiger charge is 2.42. The van der Waals surface area contributed by atoms with Crippen LogP contribution in [-0.4, -0.2) is 46.6 Å². The van der Waals surface area contributed by atoms with Crippen molar-refractivity contribution in [1.29, 1.82) is 0 Å². The summed E-state index contributed by atoms with van der Waals surface area (Å²) in [5.74, 6) is 0.135. The summed E-state index contributed by atoms with van der Waals surface area (Å²) in [6.07, 6.45) is 4.21. The second-order valence-electron chi connectivity index (χ2n) is 9.32. The fourth-order valence-electron chi connectivity index (χ4n) is 4.68. The second-order valence-corrected chi connectivity index (χ2v) is 11.0. The molecule has 1 saturated heterocycles. The Morgan fingerprint density at radius 2 is 1.76 bits per heavy atom. The fourth-order valence-corrected chi connectivity index (χ4v) is 6.03. The van der Waals surface area contributed by atoms with E-state index < -0.39 is 0 Å². The van der Waals surface area contributed by atoms with Gasteiger partial charge in [0.2, 0.25) is 5.91 Å². The lowest BCUT2D eigenvalue weighted by atomic mass is 9.98. The van der Waals surface area contributed by atoms with Crippen LogP contribution in [0, 0.1) is 5.92 Å². The Morgan fingerprint density at radius 3 is 2.45 bits per heavy atom. The van der Waals surface area contributed by atoms with Crippen molar-refractivity contribution in [3.05, 3.63) is 59.0 Å². The Kier molecular flexibility index (Phi) is 9.22. The van der Waals surface area contributed by atoms with Gasteiger partial charge in [0, 0.05) is 17.8 Å². The molecular formula is C29H33N3O4S2. The third-order valence-electron chi connectivity index (χ3n) is 6.73. The molecule has 2 aliphatic heterocycles. The minimum absolute atomic E-state index is 0.179. The number of nitrogens with zero attached hydrogens (tertiary/aromatic N) is 2. The Bertz CT molecular complexity index is 1260. The Labute approximate surface area is 233 Å². The topological polar surface area (TPSA) is 79.0 Å². The Morgan fingerprint density at radius 1 is 1.03 bits per heavy atom. The number of thioether (sulfide) groups is 1. The molecule has 0 radical (unpaired) electrons. The molecule has 2 heterocycles. The van der Waals surface area contributed by atoms with Crippen LogP contribution < -0.4 is 15.0 Å². The number of thiocarbonyl (C=S) groups is 1. The van der Waals surface area contributed by atoms with Gasteiger partial charge < -0.3 is 10.1 Å². The summed E-state index contributed by atoms with van der Waals surface area (Å²) < 4.78 is 5.92. The first-order valence-corrected chi connectivity index (χ1v) is 14.3. The zero-order valence-corrected chi connectivity index (χ0v) is 23.6. The number of para-hydroxylation sites is 1. The van der Waals surface area contributed by atoms with E-state index in [0.717, 1.165) is 25.7 Å². The van der Waals surface area contributed by atoms with Gasteiger partial charge >= 0.3 is 0 Å². The van der Waals surface area contributed by atoms with E-state index in [1.807, 2.05) is 25.1 Å². The average Bonchev–Trinajstić information content (AvgIpc) is 3.34. The van der Waals surface area contributed by atoms with Crippen LogP contribution in [0.1, 0.15) is 52.0 Å². The van der Waals surface area contributed by atoms with E-state index in [1.54, 1.807) is 35.2 Å². The quantitative estimate of drug-likeness (QED) is 0.279. The van der Waals surface area contributed by atoms with Gasteiger partial charge in [0.15, 0.2) is 0 Å². The van der Waals surface area contributed by atoms with E-state index in [9.17, 15) is 14.4 Å². The molecule has 1 fully saturated rings. The van der Waals surface area contributed by atoms with Crippen molar-refractivity contribution in [3.63, 3.8) is 0 Å². The highest BCUT2D eigenvalue weighted by atomic mass is 32.2. The molecule has 2 aromatic rings. The number of hydrogen-bond donors (Lipinski definition) is 1. The van der Waals surface area contributed by atoms with Gasteiger partial charge in [0.1, 0.15) is 16.6 Å². The van der Waals surface area contributed by atoms with Crippen LogP contribution in [-0.2, 0) is 14.4 Å². The van der Waals surface area contributed by atoms with Gasteiger partial charge in [-0.1, -0.05) is 75.3 Å². The molecule has 2 aromatic carbocycles. The van der Waals surface area contributed by atoms with Crippen molar-refractivity contribution >= 4 is 63.0 Å². The van der Waals surface area contributed by atoms with Crippen molar-refractivity contribution in [2.45, 2.75) is 46.5 Å². The predicted octanol–water partition coefficient (Wildman–Crippen LogP) is 5.86. The van der Waals surface area contributed by atoms with Crippen LogP contribution in [0.2, 0.25) is 0 Å². The van der Waals surface area contributed by atoms with Crippen molar-refractivity contribution in [1.82, 2.24) is 4.90 Å². The summed E-state index contributed by atoms with van der Waals surface area (Å²) in [6.45, 7) is 7.13. The molecule has 3 amide bonds. The van der Waals surface area contributed by atoms with Crippen LogP contribution in [0.5, 0.6) is 5.75 Å². The lowest BCUT2D eigenvalue weighted by Gasteiger charge is -2.21. The molecule has 9 heteroatoms. The second kappa shape index (κ2) is 12.6. The molecule has 1 unspecified atom stereocenters. The van der Waals surface area contributed by atoms with Crippen molar-refractivity contribution < 1.29 is 19.1 Å². The third kappa shape index (κ3) is 5.94. The predicted molar refractivity (Wildman–Crippen MR) is 157 cm³/mol. The number of amides is 3. The highest BCUT2D eigenvalue weighted by Crippen LogP contribution is 2.44. The van der Waals surface area contributed by atoms with E-state index in [4.69, 9.17) is 17.0 Å². The van der Waals surface area contributed by atoms with Crippen LogP contribution in [0.25, 0.3) is 5.57 Å². The number of carbonyl (C=O) groups excluding carboxylic acids is 3. The number of rotatable bonds is 11. The smallest absolute Gasteiger partial charge is 0.267 e. The molecule has 0 saturated carbocycles. The van der Waals surface area contributed by atoms with Gasteiger partial charge in [-0.2, -0.15) is 0 Å². The monoisotopic (exact) mass is 551 g/mol. The van der Waals surface area contributed by atoms with E-state index >= 15 is 0 Å². The Hall–Kier alpha value is -3.17. The van der Waals surface area contributed by atoms with Crippen LogP contribution in [0.15, 0.2) is 53.4 Å². The average molecular weight is 552 g/mol. The van der Waals surface area contributed by atoms with E-state index in [2.05, 4.69) is 19.2 Å². The molecule has 1 N–H and O–H groups in total. The lowest BCUT2D eigenvalue weighted by Crippen LogP contribution is -2.36.